The molecule has 0 aliphatic carbocycles. The van der Waals surface area contributed by atoms with Crippen LogP contribution in [0.25, 0.3) is 0 Å². The van der Waals surface area contributed by atoms with Gasteiger partial charge in [-0.25, -0.2) is 0 Å². The molecular weight excluding hydrogens is 204 g/mol. The van der Waals surface area contributed by atoms with E-state index in [4.69, 9.17) is 10.5 Å². The van der Waals surface area contributed by atoms with Gasteiger partial charge < -0.3 is 15.4 Å². The van der Waals surface area contributed by atoms with Gasteiger partial charge in [0.25, 0.3) is 0 Å². The summed E-state index contributed by atoms with van der Waals surface area (Å²) >= 11 is 0. The summed E-state index contributed by atoms with van der Waals surface area (Å²) in [6.45, 7) is 0.867. The van der Waals surface area contributed by atoms with E-state index in [0.29, 0.717) is 19.6 Å². The number of amides is 1. The number of carbonyl (C=O) groups is 1. The average Bonchev–Trinajstić information content (AvgIpc) is 2.34. The molecule has 1 aromatic rings. The van der Waals surface area contributed by atoms with E-state index < -0.39 is 0 Å². The molecule has 1 aromatic carbocycles. The molecule has 1 amide bonds. The molecule has 0 saturated heterocycles. The normalized spacial score (nSPS) is 10.2. The number of hydrogen-bond acceptors (Lipinski definition) is 3. The van der Waals surface area contributed by atoms with Gasteiger partial charge in [0.2, 0.25) is 5.91 Å². The van der Waals surface area contributed by atoms with E-state index in [1.165, 1.54) is 0 Å². The maximum absolute atomic E-state index is 11.8. The molecule has 1 rings (SSSR count). The number of para-hydroxylation sites is 1. The molecule has 0 radical (unpaired) electrons. The van der Waals surface area contributed by atoms with Crippen LogP contribution in [0.4, 0.5) is 5.69 Å². The SMILES string of the molecule is COCCC(=O)N(C)c1ccccc1CN. The van der Waals surface area contributed by atoms with Gasteiger partial charge in [0, 0.05) is 26.4 Å². The van der Waals surface area contributed by atoms with Crippen molar-refractivity contribution in [1.82, 2.24) is 0 Å². The first-order valence-corrected chi connectivity index (χ1v) is 5.24. The van der Waals surface area contributed by atoms with Gasteiger partial charge >= 0.3 is 0 Å². The lowest BCUT2D eigenvalue weighted by Crippen LogP contribution is -2.28. The molecule has 0 aliphatic heterocycles. The van der Waals surface area contributed by atoms with E-state index in [0.717, 1.165) is 11.3 Å². The van der Waals surface area contributed by atoms with Crippen molar-refractivity contribution in [2.24, 2.45) is 5.73 Å². The van der Waals surface area contributed by atoms with Gasteiger partial charge in [-0.15, -0.1) is 0 Å². The van der Waals surface area contributed by atoms with Crippen LogP contribution in [-0.4, -0.2) is 26.7 Å². The Kier molecular flexibility index (Phi) is 4.95. The Hall–Kier alpha value is -1.39. The fourth-order valence-corrected chi connectivity index (χ4v) is 1.50. The first-order valence-electron chi connectivity index (χ1n) is 5.24. The van der Waals surface area contributed by atoms with Crippen LogP contribution in [0.15, 0.2) is 24.3 Å². The molecule has 0 unspecified atom stereocenters. The monoisotopic (exact) mass is 222 g/mol. The Morgan fingerprint density at radius 1 is 1.44 bits per heavy atom. The summed E-state index contributed by atoms with van der Waals surface area (Å²) in [7, 11) is 3.34. The third-order valence-electron chi connectivity index (χ3n) is 2.47. The highest BCUT2D eigenvalue weighted by Crippen LogP contribution is 2.19. The molecule has 16 heavy (non-hydrogen) atoms. The fraction of sp³-hybridized carbons (Fsp3) is 0.417. The summed E-state index contributed by atoms with van der Waals surface area (Å²) in [5, 5.41) is 0. The largest absolute Gasteiger partial charge is 0.384 e. The van der Waals surface area contributed by atoms with Crippen LogP contribution in [-0.2, 0) is 16.1 Å². The first-order chi connectivity index (χ1) is 7.70. The predicted molar refractivity (Wildman–Crippen MR) is 64.2 cm³/mol. The van der Waals surface area contributed by atoms with Gasteiger partial charge in [0.05, 0.1) is 13.0 Å². The van der Waals surface area contributed by atoms with Crippen LogP contribution in [0.1, 0.15) is 12.0 Å². The quantitative estimate of drug-likeness (QED) is 0.813. The summed E-state index contributed by atoms with van der Waals surface area (Å²) < 4.78 is 4.88. The van der Waals surface area contributed by atoms with Crippen LogP contribution in [0.5, 0.6) is 0 Å². The summed E-state index contributed by atoms with van der Waals surface area (Å²) in [6, 6.07) is 7.64. The zero-order valence-corrected chi connectivity index (χ0v) is 9.77. The van der Waals surface area contributed by atoms with Crippen molar-refractivity contribution in [1.29, 1.82) is 0 Å². The average molecular weight is 222 g/mol. The van der Waals surface area contributed by atoms with Crippen LogP contribution in [0.2, 0.25) is 0 Å². The van der Waals surface area contributed by atoms with Gasteiger partial charge in [0.15, 0.2) is 0 Å². The Balaban J connectivity index is 2.78. The molecule has 0 atom stereocenters. The van der Waals surface area contributed by atoms with Crippen molar-refractivity contribution < 1.29 is 9.53 Å². The first kappa shape index (κ1) is 12.7. The minimum absolute atomic E-state index is 0.0303. The zero-order chi connectivity index (χ0) is 12.0. The van der Waals surface area contributed by atoms with E-state index in [2.05, 4.69) is 0 Å². The number of benzene rings is 1. The Bertz CT molecular complexity index is 353. The second kappa shape index (κ2) is 6.25. The van der Waals surface area contributed by atoms with Crippen molar-refractivity contribution in [3.05, 3.63) is 29.8 Å². The van der Waals surface area contributed by atoms with Gasteiger partial charge in [0.1, 0.15) is 0 Å². The van der Waals surface area contributed by atoms with Crippen molar-refractivity contribution in [2.75, 3.05) is 25.7 Å². The summed E-state index contributed by atoms with van der Waals surface area (Å²) in [6.07, 6.45) is 0.381. The second-order valence-corrected chi connectivity index (χ2v) is 3.53. The molecule has 0 aromatic heterocycles. The Labute approximate surface area is 96.0 Å². The smallest absolute Gasteiger partial charge is 0.229 e. The van der Waals surface area contributed by atoms with Crippen LogP contribution < -0.4 is 10.6 Å². The highest BCUT2D eigenvalue weighted by atomic mass is 16.5. The van der Waals surface area contributed by atoms with E-state index in [1.807, 2.05) is 24.3 Å². The number of rotatable bonds is 5. The number of ether oxygens (including phenoxy) is 1. The van der Waals surface area contributed by atoms with Crippen LogP contribution in [0, 0.1) is 0 Å². The van der Waals surface area contributed by atoms with Gasteiger partial charge in [-0.1, -0.05) is 18.2 Å². The van der Waals surface area contributed by atoms with Gasteiger partial charge in [-0.3, -0.25) is 4.79 Å². The molecule has 0 bridgehead atoms. The predicted octanol–water partition coefficient (Wildman–Crippen LogP) is 1.14. The Morgan fingerprint density at radius 2 is 2.12 bits per heavy atom. The highest BCUT2D eigenvalue weighted by Gasteiger charge is 2.12. The van der Waals surface area contributed by atoms with Crippen molar-refractivity contribution in [3.8, 4) is 0 Å². The zero-order valence-electron chi connectivity index (χ0n) is 9.77. The Morgan fingerprint density at radius 3 is 2.75 bits per heavy atom. The van der Waals surface area contributed by atoms with E-state index in [1.54, 1.807) is 19.1 Å². The molecule has 0 aliphatic rings. The molecule has 4 nitrogen and oxygen atoms in total. The molecular formula is C12H18N2O2. The van der Waals surface area contributed by atoms with Crippen LogP contribution in [0.3, 0.4) is 0 Å². The number of methoxy groups -OCH3 is 1. The number of anilines is 1. The van der Waals surface area contributed by atoms with Gasteiger partial charge in [-0.05, 0) is 11.6 Å². The maximum atomic E-state index is 11.8. The topological polar surface area (TPSA) is 55.6 Å². The van der Waals surface area contributed by atoms with Crippen molar-refractivity contribution in [2.45, 2.75) is 13.0 Å². The third kappa shape index (κ3) is 3.05. The standard InChI is InChI=1S/C12H18N2O2/c1-14(12(15)7-8-16-2)11-6-4-3-5-10(11)9-13/h3-6H,7-9,13H2,1-2H3. The lowest BCUT2D eigenvalue weighted by Gasteiger charge is -2.20. The number of nitrogens with zero attached hydrogens (tertiary/aromatic N) is 1. The minimum atomic E-state index is 0.0303. The molecule has 0 saturated carbocycles. The lowest BCUT2D eigenvalue weighted by atomic mass is 10.1. The molecule has 0 heterocycles. The molecule has 88 valence electrons. The number of hydrogen-bond donors (Lipinski definition) is 1. The van der Waals surface area contributed by atoms with E-state index in [9.17, 15) is 4.79 Å². The van der Waals surface area contributed by atoms with Crippen LogP contribution >= 0.6 is 0 Å². The van der Waals surface area contributed by atoms with E-state index >= 15 is 0 Å². The number of nitrogens with two attached hydrogens (primary N) is 1. The molecule has 0 spiro atoms. The van der Waals surface area contributed by atoms with Crippen molar-refractivity contribution >= 4 is 11.6 Å². The van der Waals surface area contributed by atoms with E-state index in [-0.39, 0.29) is 5.91 Å². The summed E-state index contributed by atoms with van der Waals surface area (Å²) in [5.41, 5.74) is 7.46. The molecule has 0 fully saturated rings. The maximum Gasteiger partial charge on any atom is 0.229 e. The lowest BCUT2D eigenvalue weighted by molar-refractivity contribution is -0.119. The number of carbonyl (C=O) groups excluding carboxylic acids is 1. The molecule has 2 N–H and O–H groups in total. The molecule has 4 heteroatoms. The second-order valence-electron chi connectivity index (χ2n) is 3.53. The van der Waals surface area contributed by atoms with Gasteiger partial charge in [-0.2, -0.15) is 0 Å². The minimum Gasteiger partial charge on any atom is -0.384 e. The fourth-order valence-electron chi connectivity index (χ4n) is 1.50. The summed E-state index contributed by atoms with van der Waals surface area (Å²) in [4.78, 5) is 13.4. The highest BCUT2D eigenvalue weighted by molar-refractivity contribution is 5.93. The summed E-state index contributed by atoms with van der Waals surface area (Å²) in [5.74, 6) is 0.0303. The van der Waals surface area contributed by atoms with Crippen molar-refractivity contribution in [3.63, 3.8) is 0 Å². The third-order valence-corrected chi connectivity index (χ3v) is 2.47.